The molecule has 16 heavy (non-hydrogen) atoms. The lowest BCUT2D eigenvalue weighted by atomic mass is 9.91. The minimum Gasteiger partial charge on any atom is -0.365 e. The third-order valence-electron chi connectivity index (χ3n) is 2.39. The SMILES string of the molecule is CC1(P)C=CC(C)(P)CC(=O)C(C(N)=O)=C1. The van der Waals surface area contributed by atoms with Gasteiger partial charge in [0, 0.05) is 16.7 Å². The number of hydrogen-bond acceptors (Lipinski definition) is 2. The van der Waals surface area contributed by atoms with Crippen molar-refractivity contribution >= 4 is 30.2 Å². The molecule has 0 aromatic rings. The van der Waals surface area contributed by atoms with E-state index in [9.17, 15) is 9.59 Å². The summed E-state index contributed by atoms with van der Waals surface area (Å²) >= 11 is 0. The first kappa shape index (κ1) is 13.5. The van der Waals surface area contributed by atoms with Gasteiger partial charge in [0.2, 0.25) is 0 Å². The number of amides is 1. The molecule has 0 aromatic heterocycles. The van der Waals surface area contributed by atoms with Gasteiger partial charge in [-0.1, -0.05) is 25.2 Å². The van der Waals surface area contributed by atoms with Crippen LogP contribution in [0.15, 0.2) is 23.8 Å². The average Bonchev–Trinajstić information content (AvgIpc) is 2.09. The Kier molecular flexibility index (Phi) is 3.72. The topological polar surface area (TPSA) is 60.2 Å². The molecule has 0 saturated carbocycles. The van der Waals surface area contributed by atoms with E-state index < -0.39 is 11.1 Å². The Labute approximate surface area is 100 Å². The molecule has 1 rings (SSSR count). The van der Waals surface area contributed by atoms with Gasteiger partial charge in [-0.25, -0.2) is 0 Å². The van der Waals surface area contributed by atoms with Crippen LogP contribution in [0.1, 0.15) is 20.3 Å². The van der Waals surface area contributed by atoms with Crippen LogP contribution in [0.2, 0.25) is 0 Å². The van der Waals surface area contributed by atoms with E-state index in [2.05, 4.69) is 18.5 Å². The van der Waals surface area contributed by atoms with Gasteiger partial charge in [-0.3, -0.25) is 9.59 Å². The molecule has 0 bridgehead atoms. The molecule has 3 nitrogen and oxygen atoms in total. The lowest BCUT2D eigenvalue weighted by molar-refractivity contribution is -0.121. The van der Waals surface area contributed by atoms with Crippen LogP contribution in [0.4, 0.5) is 0 Å². The molecular weight excluding hydrogens is 240 g/mol. The molecular formula is C11H17NO2P2. The Balaban J connectivity index is 3.25. The summed E-state index contributed by atoms with van der Waals surface area (Å²) in [5, 5.41) is -0.748. The van der Waals surface area contributed by atoms with Gasteiger partial charge in [0.05, 0.1) is 5.57 Å². The molecule has 1 amide bonds. The van der Waals surface area contributed by atoms with Crippen LogP contribution in [-0.2, 0) is 9.59 Å². The molecule has 2 N–H and O–H groups in total. The van der Waals surface area contributed by atoms with Crippen LogP contribution in [-0.4, -0.2) is 22.0 Å². The molecule has 0 saturated heterocycles. The standard InChI is InChI=1S/C11H17NO2P2/c1-10(15)3-4-11(2,16)6-8(13)7(5-10)9(12)14/h3-5H,6,15-16H2,1-2H3,(H2,12,14). The van der Waals surface area contributed by atoms with Crippen molar-refractivity contribution < 1.29 is 9.59 Å². The first-order chi connectivity index (χ1) is 7.13. The van der Waals surface area contributed by atoms with Gasteiger partial charge in [-0.05, 0) is 6.92 Å². The molecule has 0 spiro atoms. The van der Waals surface area contributed by atoms with Gasteiger partial charge < -0.3 is 5.73 Å². The number of Topliss-reactive ketones (excluding diaryl/α,β-unsaturated/α-hetero) is 1. The molecule has 0 radical (unpaired) electrons. The highest BCUT2D eigenvalue weighted by atomic mass is 31.0. The molecule has 0 heterocycles. The maximum absolute atomic E-state index is 11.9. The Morgan fingerprint density at radius 2 is 1.94 bits per heavy atom. The first-order valence-electron chi connectivity index (χ1n) is 4.97. The summed E-state index contributed by atoms with van der Waals surface area (Å²) in [4.78, 5) is 23.1. The zero-order chi connectivity index (χ0) is 12.6. The predicted molar refractivity (Wildman–Crippen MR) is 72.3 cm³/mol. The number of rotatable bonds is 1. The third-order valence-corrected chi connectivity index (χ3v) is 3.14. The van der Waals surface area contributed by atoms with E-state index in [4.69, 9.17) is 5.73 Å². The summed E-state index contributed by atoms with van der Waals surface area (Å²) < 4.78 is 0. The second-order valence-electron chi connectivity index (χ2n) is 4.73. The zero-order valence-electron chi connectivity index (χ0n) is 9.49. The fourth-order valence-corrected chi connectivity index (χ4v) is 2.06. The van der Waals surface area contributed by atoms with Gasteiger partial charge in [0.25, 0.3) is 5.91 Å². The fourth-order valence-electron chi connectivity index (χ4n) is 1.52. The highest BCUT2D eigenvalue weighted by Gasteiger charge is 2.29. The number of carbonyl (C=O) groups is 2. The van der Waals surface area contributed by atoms with Crippen molar-refractivity contribution in [1.29, 1.82) is 0 Å². The Hall–Kier alpha value is -0.520. The van der Waals surface area contributed by atoms with E-state index >= 15 is 0 Å². The molecule has 0 fully saturated rings. The van der Waals surface area contributed by atoms with Crippen LogP contribution in [0.25, 0.3) is 0 Å². The molecule has 4 unspecified atom stereocenters. The van der Waals surface area contributed by atoms with E-state index in [0.29, 0.717) is 0 Å². The van der Waals surface area contributed by atoms with Crippen LogP contribution < -0.4 is 5.73 Å². The van der Waals surface area contributed by atoms with Crippen LogP contribution in [0.3, 0.4) is 0 Å². The molecule has 0 aromatic carbocycles. The minimum atomic E-state index is -0.658. The predicted octanol–water partition coefficient (Wildman–Crippen LogP) is 1.19. The zero-order valence-corrected chi connectivity index (χ0v) is 11.8. The Morgan fingerprint density at radius 3 is 2.44 bits per heavy atom. The smallest absolute Gasteiger partial charge is 0.252 e. The van der Waals surface area contributed by atoms with E-state index in [1.807, 2.05) is 26.0 Å². The number of carbonyl (C=O) groups excluding carboxylic acids is 2. The highest BCUT2D eigenvalue weighted by molar-refractivity contribution is 7.20. The number of nitrogens with two attached hydrogens (primary N) is 1. The van der Waals surface area contributed by atoms with Gasteiger partial charge >= 0.3 is 0 Å². The molecule has 1 aliphatic carbocycles. The van der Waals surface area contributed by atoms with Crippen molar-refractivity contribution in [2.45, 2.75) is 30.6 Å². The maximum Gasteiger partial charge on any atom is 0.252 e. The molecule has 0 aliphatic heterocycles. The van der Waals surface area contributed by atoms with Crippen molar-refractivity contribution in [3.63, 3.8) is 0 Å². The van der Waals surface area contributed by atoms with Crippen molar-refractivity contribution in [1.82, 2.24) is 0 Å². The Morgan fingerprint density at radius 1 is 1.38 bits per heavy atom. The van der Waals surface area contributed by atoms with Crippen molar-refractivity contribution in [2.75, 3.05) is 0 Å². The lowest BCUT2D eigenvalue weighted by Crippen LogP contribution is -2.30. The van der Waals surface area contributed by atoms with Gasteiger partial charge in [0.1, 0.15) is 0 Å². The van der Waals surface area contributed by atoms with Gasteiger partial charge in [-0.2, -0.15) is 0 Å². The fraction of sp³-hybridized carbons (Fsp3) is 0.455. The normalized spacial score (nSPS) is 35.2. The molecule has 5 heteroatoms. The summed E-state index contributed by atoms with van der Waals surface area (Å²) in [6.07, 6.45) is 5.80. The number of primary amides is 1. The van der Waals surface area contributed by atoms with Crippen LogP contribution >= 0.6 is 18.5 Å². The molecule has 1 aliphatic rings. The molecule has 4 atom stereocenters. The first-order valence-corrected chi connectivity index (χ1v) is 6.12. The summed E-state index contributed by atoms with van der Waals surface area (Å²) in [6.45, 7) is 3.83. The van der Waals surface area contributed by atoms with E-state index in [-0.39, 0.29) is 22.9 Å². The number of allylic oxidation sites excluding steroid dienone is 3. The summed E-state index contributed by atoms with van der Waals surface area (Å²) in [6, 6.07) is 0. The monoisotopic (exact) mass is 257 g/mol. The number of hydrogen-bond donors (Lipinski definition) is 1. The largest absolute Gasteiger partial charge is 0.365 e. The van der Waals surface area contributed by atoms with Crippen molar-refractivity contribution in [3.8, 4) is 0 Å². The maximum atomic E-state index is 11.9. The quantitative estimate of drug-likeness (QED) is 0.436. The van der Waals surface area contributed by atoms with E-state index in [0.717, 1.165) is 0 Å². The van der Waals surface area contributed by atoms with Gasteiger partial charge in [0.15, 0.2) is 5.78 Å². The second kappa shape index (κ2) is 4.39. The molecule has 88 valence electrons. The van der Waals surface area contributed by atoms with Crippen LogP contribution in [0.5, 0.6) is 0 Å². The van der Waals surface area contributed by atoms with E-state index in [1.54, 1.807) is 6.08 Å². The highest BCUT2D eigenvalue weighted by Crippen LogP contribution is 2.33. The minimum absolute atomic E-state index is 0.0931. The van der Waals surface area contributed by atoms with Crippen molar-refractivity contribution in [2.24, 2.45) is 5.73 Å². The third kappa shape index (κ3) is 3.50. The van der Waals surface area contributed by atoms with Gasteiger partial charge in [-0.15, -0.1) is 18.5 Å². The average molecular weight is 257 g/mol. The second-order valence-corrected chi connectivity index (χ2v) is 7.29. The van der Waals surface area contributed by atoms with Crippen molar-refractivity contribution in [3.05, 3.63) is 23.8 Å². The lowest BCUT2D eigenvalue weighted by Gasteiger charge is -2.26. The summed E-state index contributed by atoms with van der Waals surface area (Å²) in [5.41, 5.74) is 5.31. The summed E-state index contributed by atoms with van der Waals surface area (Å²) in [7, 11) is 5.23. The number of ketones is 1. The summed E-state index contributed by atoms with van der Waals surface area (Å²) in [5.74, 6) is -0.863. The van der Waals surface area contributed by atoms with Crippen LogP contribution in [0, 0.1) is 0 Å². The van der Waals surface area contributed by atoms with E-state index in [1.165, 1.54) is 0 Å². The Bertz CT molecular complexity index is 395.